The summed E-state index contributed by atoms with van der Waals surface area (Å²) in [5, 5.41) is 10.1. The number of hydrogen-bond donors (Lipinski definition) is 3. The Bertz CT molecular complexity index is 780. The zero-order chi connectivity index (χ0) is 19.9. The van der Waals surface area contributed by atoms with E-state index in [0.717, 1.165) is 50.9 Å². The normalized spacial score (nSPS) is 33.4. The number of nitrogens with zero attached hydrogens (tertiary/aromatic N) is 1. The van der Waals surface area contributed by atoms with Gasteiger partial charge in [-0.1, -0.05) is 19.1 Å². The Morgan fingerprint density at radius 3 is 2.82 bits per heavy atom. The van der Waals surface area contributed by atoms with E-state index in [1.165, 1.54) is 0 Å². The molecular formula is C22H32N4O2. The molecule has 1 aromatic rings. The average molecular weight is 385 g/mol. The van der Waals surface area contributed by atoms with Crippen molar-refractivity contribution in [3.63, 3.8) is 0 Å². The van der Waals surface area contributed by atoms with E-state index >= 15 is 0 Å². The number of carbonyl (C=O) groups is 2. The van der Waals surface area contributed by atoms with Crippen LogP contribution in [0, 0.1) is 17.3 Å². The van der Waals surface area contributed by atoms with Crippen LogP contribution in [-0.4, -0.2) is 49.6 Å². The standard InChI is InChI=1S/C22H32N4O2/c1-21-10-9-15(13-17(21)20(28)23-11-6-12-26(2)3)22(14-21)24-18-8-5-4-7-16(18)19(27)25-22/h4-5,7-8,15,17,24H,6,9-14H2,1-3H3,(H,23,28)(H,25,27)/t15-,17+,21+,22-/m0/s1. The summed E-state index contributed by atoms with van der Waals surface area (Å²) in [7, 11) is 4.10. The second-order valence-corrected chi connectivity index (χ2v) is 9.40. The van der Waals surface area contributed by atoms with Crippen LogP contribution in [0.5, 0.6) is 0 Å². The highest BCUT2D eigenvalue weighted by Gasteiger charge is 2.60. The van der Waals surface area contributed by atoms with Gasteiger partial charge in [0, 0.05) is 24.1 Å². The van der Waals surface area contributed by atoms with Crippen LogP contribution in [0.3, 0.4) is 0 Å². The Balaban J connectivity index is 1.48. The summed E-state index contributed by atoms with van der Waals surface area (Å²) < 4.78 is 0. The lowest BCUT2D eigenvalue weighted by Gasteiger charge is -2.60. The van der Waals surface area contributed by atoms with E-state index in [0.29, 0.717) is 5.56 Å². The Morgan fingerprint density at radius 2 is 2.07 bits per heavy atom. The fourth-order valence-electron chi connectivity index (χ4n) is 5.58. The highest BCUT2D eigenvalue weighted by molar-refractivity contribution is 6.02. The Morgan fingerprint density at radius 1 is 1.29 bits per heavy atom. The van der Waals surface area contributed by atoms with Gasteiger partial charge in [0.1, 0.15) is 5.66 Å². The van der Waals surface area contributed by atoms with E-state index in [-0.39, 0.29) is 29.1 Å². The second-order valence-electron chi connectivity index (χ2n) is 9.40. The molecule has 152 valence electrons. The predicted octanol–water partition coefficient (Wildman–Crippen LogP) is 2.43. The highest BCUT2D eigenvalue weighted by Crippen LogP contribution is 2.58. The molecule has 6 nitrogen and oxygen atoms in total. The molecule has 6 heteroatoms. The molecule has 2 amide bonds. The van der Waals surface area contributed by atoms with E-state index in [2.05, 4.69) is 27.8 Å². The third kappa shape index (κ3) is 3.28. The maximum absolute atomic E-state index is 12.9. The number of carbonyl (C=O) groups excluding carboxylic acids is 2. The third-order valence-electron chi connectivity index (χ3n) is 7.07. The molecule has 0 saturated heterocycles. The van der Waals surface area contributed by atoms with E-state index in [1.807, 2.05) is 38.4 Å². The SMILES string of the molecule is CN(C)CCCNC(=O)[C@H]1C[C@@H]2CC[C@]1(C)C[C@]21NC(=O)c2ccccc2N1. The number of amides is 2. The maximum atomic E-state index is 12.9. The van der Waals surface area contributed by atoms with Gasteiger partial charge < -0.3 is 20.9 Å². The zero-order valence-electron chi connectivity index (χ0n) is 17.2. The molecule has 3 fully saturated rings. The lowest BCUT2D eigenvalue weighted by Crippen LogP contribution is -2.70. The maximum Gasteiger partial charge on any atom is 0.255 e. The fraction of sp³-hybridized carbons (Fsp3) is 0.636. The van der Waals surface area contributed by atoms with Gasteiger partial charge in [0.05, 0.1) is 5.56 Å². The lowest BCUT2D eigenvalue weighted by atomic mass is 9.51. The monoisotopic (exact) mass is 384 g/mol. The van der Waals surface area contributed by atoms with Gasteiger partial charge in [0.15, 0.2) is 0 Å². The number of nitrogens with one attached hydrogen (secondary N) is 3. The molecule has 5 rings (SSSR count). The minimum atomic E-state index is -0.430. The van der Waals surface area contributed by atoms with Gasteiger partial charge in [-0.25, -0.2) is 0 Å². The molecule has 3 aliphatic carbocycles. The molecule has 0 unspecified atom stereocenters. The number of benzene rings is 1. The average Bonchev–Trinajstić information content (AvgIpc) is 2.64. The Labute approximate surface area is 167 Å². The summed E-state index contributed by atoms with van der Waals surface area (Å²) >= 11 is 0. The first kappa shape index (κ1) is 19.2. The number of hydrogen-bond acceptors (Lipinski definition) is 4. The summed E-state index contributed by atoms with van der Waals surface area (Å²) in [5.74, 6) is 0.467. The van der Waals surface area contributed by atoms with Gasteiger partial charge in [-0.15, -0.1) is 0 Å². The van der Waals surface area contributed by atoms with Gasteiger partial charge in [-0.3, -0.25) is 9.59 Å². The van der Waals surface area contributed by atoms with E-state index < -0.39 is 5.66 Å². The number of anilines is 1. The lowest BCUT2D eigenvalue weighted by molar-refractivity contribution is -0.139. The quantitative estimate of drug-likeness (QED) is 0.682. The van der Waals surface area contributed by atoms with Gasteiger partial charge in [-0.2, -0.15) is 0 Å². The number of rotatable bonds is 5. The molecule has 0 aromatic heterocycles. The van der Waals surface area contributed by atoms with Crippen LogP contribution < -0.4 is 16.0 Å². The van der Waals surface area contributed by atoms with Crippen LogP contribution in [0.4, 0.5) is 5.69 Å². The molecule has 3 N–H and O–H groups in total. The molecule has 0 radical (unpaired) electrons. The second kappa shape index (κ2) is 7.07. The van der Waals surface area contributed by atoms with Crippen LogP contribution in [0.25, 0.3) is 0 Å². The first-order valence-corrected chi connectivity index (χ1v) is 10.5. The van der Waals surface area contributed by atoms with Gasteiger partial charge in [-0.05, 0) is 70.3 Å². The first-order valence-electron chi connectivity index (χ1n) is 10.5. The van der Waals surface area contributed by atoms with E-state index in [9.17, 15) is 9.59 Å². The Hall–Kier alpha value is -2.08. The molecule has 1 heterocycles. The first-order chi connectivity index (χ1) is 13.3. The van der Waals surface area contributed by atoms with Crippen molar-refractivity contribution >= 4 is 17.5 Å². The predicted molar refractivity (Wildman–Crippen MR) is 110 cm³/mol. The van der Waals surface area contributed by atoms with Crippen molar-refractivity contribution in [2.24, 2.45) is 17.3 Å². The largest absolute Gasteiger partial charge is 0.362 e. The summed E-state index contributed by atoms with van der Waals surface area (Å²) in [6, 6.07) is 7.70. The summed E-state index contributed by atoms with van der Waals surface area (Å²) in [5.41, 5.74) is 1.08. The third-order valence-corrected chi connectivity index (χ3v) is 7.07. The highest BCUT2D eigenvalue weighted by atomic mass is 16.2. The molecule has 4 aliphatic rings. The molecule has 1 spiro atoms. The molecule has 3 saturated carbocycles. The van der Waals surface area contributed by atoms with E-state index in [1.54, 1.807) is 0 Å². The van der Waals surface area contributed by atoms with Gasteiger partial charge >= 0.3 is 0 Å². The summed E-state index contributed by atoms with van der Waals surface area (Å²) in [4.78, 5) is 27.8. The van der Waals surface area contributed by atoms with Gasteiger partial charge in [0.25, 0.3) is 5.91 Å². The topological polar surface area (TPSA) is 73.5 Å². The number of para-hydroxylation sites is 1. The van der Waals surface area contributed by atoms with Crippen molar-refractivity contribution in [2.45, 2.75) is 44.7 Å². The van der Waals surface area contributed by atoms with Crippen molar-refractivity contribution in [1.29, 1.82) is 0 Å². The molecule has 1 aliphatic heterocycles. The van der Waals surface area contributed by atoms with E-state index in [4.69, 9.17) is 0 Å². The van der Waals surface area contributed by atoms with Crippen molar-refractivity contribution in [3.8, 4) is 0 Å². The van der Waals surface area contributed by atoms with Crippen LogP contribution in [0.15, 0.2) is 24.3 Å². The zero-order valence-corrected chi connectivity index (χ0v) is 17.2. The van der Waals surface area contributed by atoms with Crippen LogP contribution in [0.2, 0.25) is 0 Å². The summed E-state index contributed by atoms with van der Waals surface area (Å²) in [6.07, 6.45) is 4.65. The molecule has 1 aromatic carbocycles. The van der Waals surface area contributed by atoms with Crippen molar-refractivity contribution < 1.29 is 9.59 Å². The number of fused-ring (bicyclic) bond motifs is 3. The molecule has 2 bridgehead atoms. The smallest absolute Gasteiger partial charge is 0.255 e. The van der Waals surface area contributed by atoms with Gasteiger partial charge in [0.2, 0.25) is 5.91 Å². The van der Waals surface area contributed by atoms with Crippen molar-refractivity contribution in [1.82, 2.24) is 15.5 Å². The van der Waals surface area contributed by atoms with Crippen LogP contribution in [-0.2, 0) is 4.79 Å². The van der Waals surface area contributed by atoms with Crippen molar-refractivity contribution in [3.05, 3.63) is 29.8 Å². The van der Waals surface area contributed by atoms with Crippen molar-refractivity contribution in [2.75, 3.05) is 32.5 Å². The molecular weight excluding hydrogens is 352 g/mol. The molecule has 4 atom stereocenters. The Kier molecular flexibility index (Phi) is 4.86. The fourth-order valence-corrected chi connectivity index (χ4v) is 5.58. The van der Waals surface area contributed by atoms with Crippen LogP contribution in [0.1, 0.15) is 49.4 Å². The minimum Gasteiger partial charge on any atom is -0.362 e. The van der Waals surface area contributed by atoms with Crippen LogP contribution >= 0.6 is 0 Å². The molecule has 28 heavy (non-hydrogen) atoms. The minimum absolute atomic E-state index is 0.00446. The summed E-state index contributed by atoms with van der Waals surface area (Å²) in [6.45, 7) is 3.92.